The average Bonchev–Trinajstić information content (AvgIpc) is 2.37. The Labute approximate surface area is 105 Å². The highest BCUT2D eigenvalue weighted by Crippen LogP contribution is 2.00. The van der Waals surface area contributed by atoms with Crippen molar-refractivity contribution in [1.82, 2.24) is 10.3 Å². The molecule has 0 aromatic carbocycles. The van der Waals surface area contributed by atoms with Crippen LogP contribution in [0.3, 0.4) is 0 Å². The standard InChI is InChI=1S/C12H17N3O3/c13-10(12(17)18)2-1-3-11(16)15-8-9-4-6-14-7-5-9/h4-7,10H,1-3,8,13H2,(H,15,16)(H,17,18)/t10-/m0/s1. The second-order valence-corrected chi connectivity index (χ2v) is 3.97. The van der Waals surface area contributed by atoms with Crippen molar-refractivity contribution in [2.75, 3.05) is 0 Å². The number of carboxylic acid groups (broad SMARTS) is 1. The smallest absolute Gasteiger partial charge is 0.320 e. The molecule has 4 N–H and O–H groups in total. The zero-order chi connectivity index (χ0) is 13.4. The minimum Gasteiger partial charge on any atom is -0.480 e. The van der Waals surface area contributed by atoms with Gasteiger partial charge in [-0.25, -0.2) is 0 Å². The molecule has 1 aromatic heterocycles. The van der Waals surface area contributed by atoms with Crippen LogP contribution < -0.4 is 11.1 Å². The van der Waals surface area contributed by atoms with E-state index in [-0.39, 0.29) is 12.3 Å². The Kier molecular flexibility index (Phi) is 5.79. The molecular formula is C12H17N3O3. The molecule has 98 valence electrons. The van der Waals surface area contributed by atoms with Crippen LogP contribution in [-0.4, -0.2) is 28.0 Å². The molecule has 1 heterocycles. The highest BCUT2D eigenvalue weighted by Gasteiger charge is 2.11. The molecule has 0 bridgehead atoms. The van der Waals surface area contributed by atoms with Gasteiger partial charge in [0.2, 0.25) is 5.91 Å². The Morgan fingerprint density at radius 3 is 2.67 bits per heavy atom. The van der Waals surface area contributed by atoms with Gasteiger partial charge in [0.05, 0.1) is 0 Å². The molecule has 6 heteroatoms. The lowest BCUT2D eigenvalue weighted by atomic mass is 10.1. The Morgan fingerprint density at radius 1 is 1.39 bits per heavy atom. The predicted octanol–water partition coefficient (Wildman–Crippen LogP) is 0.280. The third-order valence-electron chi connectivity index (χ3n) is 2.48. The van der Waals surface area contributed by atoms with Crippen molar-refractivity contribution in [3.8, 4) is 0 Å². The Bertz CT molecular complexity index is 395. The molecule has 18 heavy (non-hydrogen) atoms. The minimum atomic E-state index is -1.04. The number of aromatic nitrogens is 1. The molecular weight excluding hydrogens is 234 g/mol. The van der Waals surface area contributed by atoms with Gasteiger partial charge in [-0.1, -0.05) is 0 Å². The average molecular weight is 251 g/mol. The van der Waals surface area contributed by atoms with Crippen LogP contribution in [0.2, 0.25) is 0 Å². The number of nitrogens with one attached hydrogen (secondary N) is 1. The number of hydrogen-bond acceptors (Lipinski definition) is 4. The van der Waals surface area contributed by atoms with Crippen molar-refractivity contribution in [3.63, 3.8) is 0 Å². The van der Waals surface area contributed by atoms with Crippen LogP contribution >= 0.6 is 0 Å². The lowest BCUT2D eigenvalue weighted by molar-refractivity contribution is -0.138. The van der Waals surface area contributed by atoms with E-state index in [4.69, 9.17) is 10.8 Å². The molecule has 1 rings (SSSR count). The van der Waals surface area contributed by atoms with E-state index in [0.29, 0.717) is 19.4 Å². The quantitative estimate of drug-likeness (QED) is 0.645. The fourth-order valence-corrected chi connectivity index (χ4v) is 1.40. The van der Waals surface area contributed by atoms with Crippen molar-refractivity contribution in [2.24, 2.45) is 5.73 Å². The fourth-order valence-electron chi connectivity index (χ4n) is 1.40. The second kappa shape index (κ2) is 7.39. The molecule has 0 saturated heterocycles. The normalized spacial score (nSPS) is 11.8. The van der Waals surface area contributed by atoms with Gasteiger partial charge in [0.25, 0.3) is 0 Å². The van der Waals surface area contributed by atoms with Gasteiger partial charge in [-0.2, -0.15) is 0 Å². The Balaban J connectivity index is 2.17. The molecule has 6 nitrogen and oxygen atoms in total. The molecule has 0 aliphatic carbocycles. The number of aliphatic carboxylic acids is 1. The molecule has 0 saturated carbocycles. The van der Waals surface area contributed by atoms with Crippen LogP contribution in [0.5, 0.6) is 0 Å². The van der Waals surface area contributed by atoms with Gasteiger partial charge in [-0.05, 0) is 30.5 Å². The zero-order valence-corrected chi connectivity index (χ0v) is 10.0. The summed E-state index contributed by atoms with van der Waals surface area (Å²) >= 11 is 0. The summed E-state index contributed by atoms with van der Waals surface area (Å²) in [4.78, 5) is 25.8. The molecule has 0 spiro atoms. The summed E-state index contributed by atoms with van der Waals surface area (Å²) < 4.78 is 0. The summed E-state index contributed by atoms with van der Waals surface area (Å²) in [5.74, 6) is -1.14. The first-order valence-corrected chi connectivity index (χ1v) is 5.73. The number of nitrogens with zero attached hydrogens (tertiary/aromatic N) is 1. The first-order valence-electron chi connectivity index (χ1n) is 5.73. The summed E-state index contributed by atoms with van der Waals surface area (Å²) in [6.45, 7) is 0.451. The molecule has 0 fully saturated rings. The number of rotatable bonds is 7. The van der Waals surface area contributed by atoms with Crippen LogP contribution in [0.1, 0.15) is 24.8 Å². The maximum atomic E-state index is 11.5. The number of hydrogen-bond donors (Lipinski definition) is 3. The molecule has 1 aromatic rings. The van der Waals surface area contributed by atoms with Crippen molar-refractivity contribution >= 4 is 11.9 Å². The van der Waals surface area contributed by atoms with E-state index in [9.17, 15) is 9.59 Å². The third-order valence-corrected chi connectivity index (χ3v) is 2.48. The summed E-state index contributed by atoms with van der Waals surface area (Å²) in [6.07, 6.45) is 4.38. The van der Waals surface area contributed by atoms with Crippen molar-refractivity contribution in [2.45, 2.75) is 31.8 Å². The van der Waals surface area contributed by atoms with Crippen molar-refractivity contribution in [3.05, 3.63) is 30.1 Å². The molecule has 0 aliphatic heterocycles. The first-order chi connectivity index (χ1) is 8.59. The van der Waals surface area contributed by atoms with Gasteiger partial charge in [-0.15, -0.1) is 0 Å². The molecule has 1 atom stereocenters. The number of carbonyl (C=O) groups excluding carboxylic acids is 1. The molecule has 0 radical (unpaired) electrons. The minimum absolute atomic E-state index is 0.107. The van der Waals surface area contributed by atoms with Crippen LogP contribution in [0.4, 0.5) is 0 Å². The molecule has 0 unspecified atom stereocenters. The maximum Gasteiger partial charge on any atom is 0.320 e. The van der Waals surface area contributed by atoms with E-state index >= 15 is 0 Å². The van der Waals surface area contributed by atoms with Gasteiger partial charge in [0.15, 0.2) is 0 Å². The largest absolute Gasteiger partial charge is 0.480 e. The number of carbonyl (C=O) groups is 2. The summed E-state index contributed by atoms with van der Waals surface area (Å²) in [5, 5.41) is 11.3. The van der Waals surface area contributed by atoms with Crippen molar-refractivity contribution in [1.29, 1.82) is 0 Å². The number of carboxylic acids is 1. The first kappa shape index (κ1) is 14.1. The summed E-state index contributed by atoms with van der Waals surface area (Å²) in [5.41, 5.74) is 6.30. The van der Waals surface area contributed by atoms with E-state index in [1.807, 2.05) is 12.1 Å². The monoisotopic (exact) mass is 251 g/mol. The number of pyridine rings is 1. The van der Waals surface area contributed by atoms with Gasteiger partial charge in [0, 0.05) is 25.4 Å². The van der Waals surface area contributed by atoms with E-state index in [0.717, 1.165) is 5.56 Å². The third kappa shape index (κ3) is 5.40. The Morgan fingerprint density at radius 2 is 2.06 bits per heavy atom. The van der Waals surface area contributed by atoms with Crippen LogP contribution in [0.15, 0.2) is 24.5 Å². The van der Waals surface area contributed by atoms with Gasteiger partial charge in [0.1, 0.15) is 6.04 Å². The number of amides is 1. The predicted molar refractivity (Wildman–Crippen MR) is 65.5 cm³/mol. The van der Waals surface area contributed by atoms with E-state index < -0.39 is 12.0 Å². The highest BCUT2D eigenvalue weighted by molar-refractivity contribution is 5.76. The van der Waals surface area contributed by atoms with Crippen LogP contribution in [0.25, 0.3) is 0 Å². The van der Waals surface area contributed by atoms with E-state index in [1.54, 1.807) is 12.4 Å². The lowest BCUT2D eigenvalue weighted by Crippen LogP contribution is -2.30. The van der Waals surface area contributed by atoms with Gasteiger partial charge < -0.3 is 16.2 Å². The fraction of sp³-hybridized carbons (Fsp3) is 0.417. The van der Waals surface area contributed by atoms with E-state index in [1.165, 1.54) is 0 Å². The topological polar surface area (TPSA) is 105 Å². The maximum absolute atomic E-state index is 11.5. The summed E-state index contributed by atoms with van der Waals surface area (Å²) in [7, 11) is 0. The highest BCUT2D eigenvalue weighted by atomic mass is 16.4. The van der Waals surface area contributed by atoms with Crippen LogP contribution in [-0.2, 0) is 16.1 Å². The van der Waals surface area contributed by atoms with Crippen molar-refractivity contribution < 1.29 is 14.7 Å². The molecule has 0 aliphatic rings. The Hall–Kier alpha value is -1.95. The lowest BCUT2D eigenvalue weighted by Gasteiger charge is -2.07. The van der Waals surface area contributed by atoms with Crippen LogP contribution in [0, 0.1) is 0 Å². The number of nitrogens with two attached hydrogens (primary N) is 1. The second-order valence-electron chi connectivity index (χ2n) is 3.97. The van der Waals surface area contributed by atoms with Gasteiger partial charge in [-0.3, -0.25) is 14.6 Å². The van der Waals surface area contributed by atoms with E-state index in [2.05, 4.69) is 10.3 Å². The zero-order valence-electron chi connectivity index (χ0n) is 10.0. The summed E-state index contributed by atoms with van der Waals surface area (Å²) in [6, 6.07) is 2.75. The van der Waals surface area contributed by atoms with Gasteiger partial charge >= 0.3 is 5.97 Å². The molecule has 1 amide bonds. The SMILES string of the molecule is N[C@@H](CCCC(=O)NCc1ccncc1)C(=O)O.